The molecule has 0 saturated carbocycles. The average Bonchev–Trinajstić information content (AvgIpc) is 2.87. The largest absolute Gasteiger partial charge is 0.481 e. The van der Waals surface area contributed by atoms with Crippen LogP contribution in [0, 0.1) is 0 Å². The molecule has 0 aliphatic carbocycles. The quantitative estimate of drug-likeness (QED) is 0.0803. The predicted octanol–water partition coefficient (Wildman–Crippen LogP) is 11.6. The molecule has 0 heterocycles. The van der Waals surface area contributed by atoms with Crippen LogP contribution < -0.4 is 0 Å². The monoisotopic (exact) mass is 511 g/mol. The van der Waals surface area contributed by atoms with Crippen molar-refractivity contribution in [1.82, 2.24) is 0 Å². The lowest BCUT2D eigenvalue weighted by atomic mass is 10.0. The number of hydrogen-bond acceptors (Lipinski definition) is 2. The molecule has 0 radical (unpaired) electrons. The highest BCUT2D eigenvalue weighted by atomic mass is 16.4. The van der Waals surface area contributed by atoms with Gasteiger partial charge < -0.3 is 9.90 Å². The number of aldehydes is 1. The van der Waals surface area contributed by atoms with Crippen LogP contribution in [0.2, 0.25) is 0 Å². The molecule has 0 spiro atoms. The third-order valence-corrected chi connectivity index (χ3v) is 7.17. The van der Waals surface area contributed by atoms with Crippen molar-refractivity contribution < 1.29 is 14.7 Å². The van der Waals surface area contributed by atoms with Crippen molar-refractivity contribution in [2.75, 3.05) is 0 Å². The van der Waals surface area contributed by atoms with Gasteiger partial charge in [-0.25, -0.2) is 0 Å². The van der Waals surface area contributed by atoms with Crippen molar-refractivity contribution in [3.63, 3.8) is 0 Å². The van der Waals surface area contributed by atoms with Crippen molar-refractivity contribution in [2.45, 2.75) is 200 Å². The number of carbonyl (C=O) groups excluding carboxylic acids is 1. The Kier molecular flexibility index (Phi) is 37.6. The van der Waals surface area contributed by atoms with Crippen LogP contribution in [0.15, 0.2) is 0 Å². The fraction of sp³-hybridized carbons (Fsp3) is 0.939. The van der Waals surface area contributed by atoms with Crippen LogP contribution in [0.25, 0.3) is 0 Å². The summed E-state index contributed by atoms with van der Waals surface area (Å²) >= 11 is 0. The Hall–Kier alpha value is -0.860. The van der Waals surface area contributed by atoms with Crippen molar-refractivity contribution in [2.24, 2.45) is 0 Å². The molecule has 0 rings (SSSR count). The number of hydrogen-bond donors (Lipinski definition) is 1. The van der Waals surface area contributed by atoms with Gasteiger partial charge in [0.1, 0.15) is 6.29 Å². The summed E-state index contributed by atoms with van der Waals surface area (Å²) in [4.78, 5) is 20.4. The minimum absolute atomic E-state index is 0.345. The molecule has 216 valence electrons. The number of unbranched alkanes of at least 4 members (excludes halogenated alkanes) is 26. The fourth-order valence-corrected chi connectivity index (χ4v) is 4.72. The van der Waals surface area contributed by atoms with E-state index in [0.717, 1.165) is 32.0 Å². The summed E-state index contributed by atoms with van der Waals surface area (Å²) in [5.41, 5.74) is 0. The Bertz CT molecular complexity index is 408. The first-order chi connectivity index (χ1) is 17.7. The summed E-state index contributed by atoms with van der Waals surface area (Å²) in [5.74, 6) is -0.654. The highest BCUT2D eigenvalue weighted by Gasteiger charge is 1.97. The Balaban J connectivity index is 0. The number of carboxylic acids is 1. The van der Waals surface area contributed by atoms with Crippen LogP contribution in [-0.4, -0.2) is 17.4 Å². The highest BCUT2D eigenvalue weighted by molar-refractivity contribution is 5.66. The molecule has 0 atom stereocenters. The molecule has 0 saturated heterocycles. The SMILES string of the molecule is CCCCCCCCCCCCCCCC=O.CCCCCCCCCCCCCCCCC(=O)O. The maximum absolute atomic E-state index is 10.3. The Morgan fingerprint density at radius 1 is 0.444 bits per heavy atom. The minimum atomic E-state index is -0.654. The van der Waals surface area contributed by atoms with Gasteiger partial charge in [0.15, 0.2) is 0 Å². The lowest BCUT2D eigenvalue weighted by molar-refractivity contribution is -0.137. The van der Waals surface area contributed by atoms with Crippen LogP contribution >= 0.6 is 0 Å². The molecule has 0 aromatic carbocycles. The van der Waals surface area contributed by atoms with Gasteiger partial charge in [-0.3, -0.25) is 4.79 Å². The van der Waals surface area contributed by atoms with Crippen LogP contribution in [0.3, 0.4) is 0 Å². The predicted molar refractivity (Wildman–Crippen MR) is 159 cm³/mol. The molecule has 3 heteroatoms. The van der Waals surface area contributed by atoms with Crippen LogP contribution in [0.1, 0.15) is 200 Å². The average molecular weight is 511 g/mol. The summed E-state index contributed by atoms with van der Waals surface area (Å²) in [6.07, 6.45) is 38.4. The third-order valence-electron chi connectivity index (χ3n) is 7.17. The standard InChI is InChI=1S/C17H34O2.C16H32O/c1-2-3-4-5-6-7-8-9-10-11-12-13-14-15-16-17(18)19;1-2-3-4-5-6-7-8-9-10-11-12-13-14-15-16-17/h2-16H2,1H3,(H,18,19);16H,2-15H2,1H3. The molecular formula is C33H66O3. The van der Waals surface area contributed by atoms with Gasteiger partial charge in [-0.05, 0) is 12.8 Å². The molecule has 0 aromatic rings. The maximum atomic E-state index is 10.3. The summed E-state index contributed by atoms with van der Waals surface area (Å²) in [6.45, 7) is 4.54. The first-order valence-electron chi connectivity index (χ1n) is 16.3. The normalized spacial score (nSPS) is 10.7. The van der Waals surface area contributed by atoms with Crippen LogP contribution in [0.4, 0.5) is 0 Å². The van der Waals surface area contributed by atoms with E-state index in [4.69, 9.17) is 5.11 Å². The zero-order valence-corrected chi connectivity index (χ0v) is 24.8. The van der Waals surface area contributed by atoms with Crippen molar-refractivity contribution in [3.8, 4) is 0 Å². The fourth-order valence-electron chi connectivity index (χ4n) is 4.72. The summed E-state index contributed by atoms with van der Waals surface area (Å²) in [7, 11) is 0. The molecule has 0 aliphatic heterocycles. The van der Waals surface area contributed by atoms with Gasteiger partial charge in [-0.2, -0.15) is 0 Å². The van der Waals surface area contributed by atoms with Gasteiger partial charge in [0.2, 0.25) is 0 Å². The number of carboxylic acid groups (broad SMARTS) is 1. The lowest BCUT2D eigenvalue weighted by Crippen LogP contribution is -1.93. The summed E-state index contributed by atoms with van der Waals surface area (Å²) < 4.78 is 0. The molecule has 36 heavy (non-hydrogen) atoms. The van der Waals surface area contributed by atoms with Crippen molar-refractivity contribution in [1.29, 1.82) is 0 Å². The van der Waals surface area contributed by atoms with E-state index in [9.17, 15) is 9.59 Å². The van der Waals surface area contributed by atoms with Crippen molar-refractivity contribution in [3.05, 3.63) is 0 Å². The zero-order chi connectivity index (χ0) is 26.8. The van der Waals surface area contributed by atoms with E-state index in [0.29, 0.717) is 6.42 Å². The summed E-state index contributed by atoms with van der Waals surface area (Å²) in [6, 6.07) is 0. The lowest BCUT2D eigenvalue weighted by Gasteiger charge is -2.02. The van der Waals surface area contributed by atoms with Gasteiger partial charge in [0.25, 0.3) is 0 Å². The number of carbonyl (C=O) groups is 2. The van der Waals surface area contributed by atoms with E-state index < -0.39 is 5.97 Å². The number of aliphatic carboxylic acids is 1. The summed E-state index contributed by atoms with van der Waals surface area (Å²) in [5, 5.41) is 8.50. The van der Waals surface area contributed by atoms with Crippen molar-refractivity contribution >= 4 is 12.3 Å². The van der Waals surface area contributed by atoms with Crippen LogP contribution in [0.5, 0.6) is 0 Å². The molecule has 0 bridgehead atoms. The third kappa shape index (κ3) is 40.3. The molecule has 3 nitrogen and oxygen atoms in total. The second-order valence-corrected chi connectivity index (χ2v) is 10.9. The van der Waals surface area contributed by atoms with Gasteiger partial charge in [-0.15, -0.1) is 0 Å². The molecule has 1 N–H and O–H groups in total. The molecule has 0 aliphatic rings. The first kappa shape index (κ1) is 37.3. The molecule has 0 fully saturated rings. The highest BCUT2D eigenvalue weighted by Crippen LogP contribution is 2.14. The van der Waals surface area contributed by atoms with Gasteiger partial charge in [0.05, 0.1) is 0 Å². The molecule has 0 aromatic heterocycles. The van der Waals surface area contributed by atoms with Crippen LogP contribution in [-0.2, 0) is 9.59 Å². The number of rotatable bonds is 29. The van der Waals surface area contributed by atoms with Gasteiger partial charge in [-0.1, -0.05) is 174 Å². The Labute approximate surface area is 227 Å². The molecular weight excluding hydrogens is 444 g/mol. The smallest absolute Gasteiger partial charge is 0.303 e. The Morgan fingerprint density at radius 2 is 0.694 bits per heavy atom. The van der Waals surface area contributed by atoms with E-state index in [2.05, 4.69) is 13.8 Å². The van der Waals surface area contributed by atoms with E-state index in [1.807, 2.05) is 0 Å². The maximum Gasteiger partial charge on any atom is 0.303 e. The van der Waals surface area contributed by atoms with Gasteiger partial charge in [0, 0.05) is 12.8 Å². The van der Waals surface area contributed by atoms with Gasteiger partial charge >= 0.3 is 5.97 Å². The van der Waals surface area contributed by atoms with E-state index in [1.54, 1.807) is 0 Å². The topological polar surface area (TPSA) is 54.4 Å². The second-order valence-electron chi connectivity index (χ2n) is 10.9. The van der Waals surface area contributed by atoms with E-state index in [-0.39, 0.29) is 0 Å². The van der Waals surface area contributed by atoms with E-state index >= 15 is 0 Å². The second kappa shape index (κ2) is 36.3. The minimum Gasteiger partial charge on any atom is -0.481 e. The Morgan fingerprint density at radius 3 is 0.944 bits per heavy atom. The zero-order valence-electron chi connectivity index (χ0n) is 24.8. The van der Waals surface area contributed by atoms with E-state index in [1.165, 1.54) is 154 Å². The molecule has 0 unspecified atom stereocenters. The first-order valence-corrected chi connectivity index (χ1v) is 16.3. The molecule has 0 amide bonds.